The third kappa shape index (κ3) is 7.20. The number of carbonyl (C=O) groups is 3. The van der Waals surface area contributed by atoms with Crippen LogP contribution in [0.4, 0.5) is 9.59 Å². The molecule has 2 aliphatic rings. The second-order valence-electron chi connectivity index (χ2n) is 11.6. The lowest BCUT2D eigenvalue weighted by Gasteiger charge is -2.43. The first kappa shape index (κ1) is 30.2. The Morgan fingerprint density at radius 1 is 1.21 bits per heavy atom. The number of nitrogens with zero attached hydrogens (tertiary/aromatic N) is 3. The van der Waals surface area contributed by atoms with Crippen LogP contribution in [0.3, 0.4) is 0 Å². The van der Waals surface area contributed by atoms with Crippen molar-refractivity contribution in [3.63, 3.8) is 0 Å². The summed E-state index contributed by atoms with van der Waals surface area (Å²) in [5, 5.41) is 6.00. The first-order valence-corrected chi connectivity index (χ1v) is 13.9. The van der Waals surface area contributed by atoms with Crippen LogP contribution in [0.15, 0.2) is 48.2 Å². The Hall–Kier alpha value is -3.33. The molecule has 214 valence electrons. The first-order chi connectivity index (χ1) is 18.4. The summed E-state index contributed by atoms with van der Waals surface area (Å²) in [5.41, 5.74) is 2.99. The standard InChI is InChI=1S/C30H45N5O4/c1-9-15-35-24(19-33-16-17-34(21(5)18-33)28(37)31-20(3)4)25(27(36)39-10-2)26(32-29(35)38)22-11-13-23(14-12-22)30(6,7)8/h9,11-14,20-21,26H,1,10,15-19H2,2-8H3,(H,31,37)(H,32,38). The van der Waals surface area contributed by atoms with E-state index in [9.17, 15) is 14.4 Å². The molecule has 1 saturated heterocycles. The molecule has 0 radical (unpaired) electrons. The van der Waals surface area contributed by atoms with Crippen molar-refractivity contribution in [2.45, 2.75) is 72.0 Å². The van der Waals surface area contributed by atoms with E-state index in [4.69, 9.17) is 4.74 Å². The average molecular weight is 540 g/mol. The number of benzene rings is 1. The Kier molecular flexibility index (Phi) is 9.83. The van der Waals surface area contributed by atoms with Crippen LogP contribution < -0.4 is 10.6 Å². The number of piperazine rings is 1. The molecule has 3 rings (SSSR count). The summed E-state index contributed by atoms with van der Waals surface area (Å²) in [4.78, 5) is 45.1. The minimum Gasteiger partial charge on any atom is -0.463 e. The quantitative estimate of drug-likeness (QED) is 0.382. The lowest BCUT2D eigenvalue weighted by atomic mass is 9.85. The molecule has 9 heteroatoms. The van der Waals surface area contributed by atoms with Crippen LogP contribution in [0.2, 0.25) is 0 Å². The Morgan fingerprint density at radius 3 is 2.41 bits per heavy atom. The fourth-order valence-electron chi connectivity index (χ4n) is 5.09. The maximum atomic E-state index is 13.5. The summed E-state index contributed by atoms with van der Waals surface area (Å²) in [5.74, 6) is -0.450. The maximum absolute atomic E-state index is 13.5. The number of ether oxygens (including phenoxy) is 1. The van der Waals surface area contributed by atoms with Crippen LogP contribution in [-0.4, -0.2) is 84.1 Å². The first-order valence-electron chi connectivity index (χ1n) is 13.9. The minimum absolute atomic E-state index is 0.0228. The van der Waals surface area contributed by atoms with Gasteiger partial charge in [0.15, 0.2) is 0 Å². The largest absolute Gasteiger partial charge is 0.463 e. The van der Waals surface area contributed by atoms with Crippen LogP contribution in [0, 0.1) is 0 Å². The van der Waals surface area contributed by atoms with Crippen LogP contribution in [0.5, 0.6) is 0 Å². The van der Waals surface area contributed by atoms with Crippen LogP contribution in [0.25, 0.3) is 0 Å². The van der Waals surface area contributed by atoms with E-state index in [1.807, 2.05) is 49.9 Å². The normalized spacial score (nSPS) is 20.7. The van der Waals surface area contributed by atoms with E-state index in [0.717, 1.165) is 11.1 Å². The highest BCUT2D eigenvalue weighted by Gasteiger charge is 2.39. The zero-order chi connectivity index (χ0) is 28.9. The number of carbonyl (C=O) groups excluding carboxylic acids is 3. The van der Waals surface area contributed by atoms with Gasteiger partial charge < -0.3 is 20.3 Å². The summed E-state index contributed by atoms with van der Waals surface area (Å²) in [6.07, 6.45) is 1.65. The molecule has 39 heavy (non-hydrogen) atoms. The zero-order valence-corrected chi connectivity index (χ0v) is 24.5. The van der Waals surface area contributed by atoms with Crippen molar-refractivity contribution in [3.8, 4) is 0 Å². The number of hydrogen-bond acceptors (Lipinski definition) is 5. The molecule has 1 aromatic rings. The van der Waals surface area contributed by atoms with Crippen molar-refractivity contribution in [2.24, 2.45) is 0 Å². The predicted molar refractivity (Wildman–Crippen MR) is 153 cm³/mol. The molecule has 2 aliphatic heterocycles. The molecule has 0 saturated carbocycles. The highest BCUT2D eigenvalue weighted by atomic mass is 16.5. The van der Waals surface area contributed by atoms with Gasteiger partial charge in [-0.2, -0.15) is 0 Å². The monoisotopic (exact) mass is 539 g/mol. The molecule has 4 amide bonds. The highest BCUT2D eigenvalue weighted by molar-refractivity contribution is 5.95. The number of hydrogen-bond donors (Lipinski definition) is 2. The van der Waals surface area contributed by atoms with E-state index in [1.54, 1.807) is 17.9 Å². The van der Waals surface area contributed by atoms with E-state index < -0.39 is 12.0 Å². The van der Waals surface area contributed by atoms with Crippen molar-refractivity contribution in [1.29, 1.82) is 0 Å². The average Bonchev–Trinajstić information content (AvgIpc) is 2.85. The van der Waals surface area contributed by atoms with E-state index in [2.05, 4.69) is 42.9 Å². The molecular formula is C30H45N5O4. The second-order valence-corrected chi connectivity index (χ2v) is 11.6. The van der Waals surface area contributed by atoms with Crippen LogP contribution >= 0.6 is 0 Å². The van der Waals surface area contributed by atoms with Crippen molar-refractivity contribution in [2.75, 3.05) is 39.3 Å². The summed E-state index contributed by atoms with van der Waals surface area (Å²) < 4.78 is 5.52. The molecule has 2 N–H and O–H groups in total. The Labute approximate surface area is 233 Å². The minimum atomic E-state index is -0.642. The smallest absolute Gasteiger partial charge is 0.338 e. The van der Waals surface area contributed by atoms with Gasteiger partial charge in [-0.25, -0.2) is 14.4 Å². The second kappa shape index (κ2) is 12.7. The third-order valence-corrected chi connectivity index (χ3v) is 7.11. The van der Waals surface area contributed by atoms with E-state index in [0.29, 0.717) is 37.4 Å². The van der Waals surface area contributed by atoms with Gasteiger partial charge in [0.2, 0.25) is 0 Å². The van der Waals surface area contributed by atoms with Gasteiger partial charge in [-0.15, -0.1) is 6.58 Å². The lowest BCUT2D eigenvalue weighted by molar-refractivity contribution is -0.139. The molecule has 2 atom stereocenters. The molecule has 1 aromatic carbocycles. The number of amides is 4. The van der Waals surface area contributed by atoms with Crippen LogP contribution in [0.1, 0.15) is 65.6 Å². The van der Waals surface area contributed by atoms with Gasteiger partial charge in [-0.1, -0.05) is 51.1 Å². The fourth-order valence-corrected chi connectivity index (χ4v) is 5.09. The number of esters is 1. The van der Waals surface area contributed by atoms with Gasteiger partial charge in [0.05, 0.1) is 18.2 Å². The summed E-state index contributed by atoms with van der Waals surface area (Å²) in [7, 11) is 0. The van der Waals surface area contributed by atoms with Gasteiger partial charge in [0, 0.05) is 50.5 Å². The van der Waals surface area contributed by atoms with Crippen molar-refractivity contribution in [1.82, 2.24) is 25.3 Å². The van der Waals surface area contributed by atoms with E-state index >= 15 is 0 Å². The zero-order valence-electron chi connectivity index (χ0n) is 24.5. The Balaban J connectivity index is 1.99. The molecule has 2 heterocycles. The molecule has 0 aliphatic carbocycles. The van der Waals surface area contributed by atoms with E-state index in [-0.39, 0.29) is 42.7 Å². The molecule has 1 fully saturated rings. The van der Waals surface area contributed by atoms with Crippen molar-refractivity contribution < 1.29 is 19.1 Å². The SMILES string of the molecule is C=CCN1C(=O)NC(c2ccc(C(C)(C)C)cc2)C(C(=O)OCC)=C1CN1CCN(C(=O)NC(C)C)C(C)C1. The van der Waals surface area contributed by atoms with Gasteiger partial charge in [-0.3, -0.25) is 9.80 Å². The molecule has 9 nitrogen and oxygen atoms in total. The van der Waals surface area contributed by atoms with Crippen LogP contribution in [-0.2, 0) is 14.9 Å². The molecule has 0 spiro atoms. The van der Waals surface area contributed by atoms with Crippen molar-refractivity contribution >= 4 is 18.0 Å². The molecule has 0 bridgehead atoms. The number of nitrogens with one attached hydrogen (secondary N) is 2. The van der Waals surface area contributed by atoms with E-state index in [1.165, 1.54) is 0 Å². The topological polar surface area (TPSA) is 94.2 Å². The lowest BCUT2D eigenvalue weighted by Crippen LogP contribution is -2.58. The molecule has 2 unspecified atom stereocenters. The Morgan fingerprint density at radius 2 is 1.87 bits per heavy atom. The summed E-state index contributed by atoms with van der Waals surface area (Å²) in [6.45, 7) is 20.6. The summed E-state index contributed by atoms with van der Waals surface area (Å²) in [6, 6.07) is 7.06. The summed E-state index contributed by atoms with van der Waals surface area (Å²) >= 11 is 0. The van der Waals surface area contributed by atoms with Gasteiger partial charge in [0.25, 0.3) is 0 Å². The highest BCUT2D eigenvalue weighted by Crippen LogP contribution is 2.33. The molecule has 0 aromatic heterocycles. The van der Waals surface area contributed by atoms with Gasteiger partial charge in [-0.05, 0) is 44.2 Å². The third-order valence-electron chi connectivity index (χ3n) is 7.11. The maximum Gasteiger partial charge on any atom is 0.338 e. The van der Waals surface area contributed by atoms with Gasteiger partial charge in [0.1, 0.15) is 0 Å². The number of rotatable bonds is 8. The molecular weight excluding hydrogens is 494 g/mol. The number of urea groups is 2. The fraction of sp³-hybridized carbons (Fsp3) is 0.567. The van der Waals surface area contributed by atoms with Gasteiger partial charge >= 0.3 is 18.0 Å². The predicted octanol–water partition coefficient (Wildman–Crippen LogP) is 4.18. The van der Waals surface area contributed by atoms with Crippen molar-refractivity contribution in [3.05, 3.63) is 59.3 Å². The Bertz CT molecular complexity index is 1090.